The molecule has 2 amide bonds. The lowest BCUT2D eigenvalue weighted by molar-refractivity contribution is 0.0282. The van der Waals surface area contributed by atoms with E-state index in [-0.39, 0.29) is 25.0 Å². The molecule has 1 aliphatic rings. The number of anilines is 1. The van der Waals surface area contributed by atoms with Gasteiger partial charge in [0.15, 0.2) is 0 Å². The number of imide groups is 1. The van der Waals surface area contributed by atoms with Gasteiger partial charge in [-0.25, -0.2) is 0 Å². The Bertz CT molecular complexity index is 756. The van der Waals surface area contributed by atoms with Gasteiger partial charge in [-0.05, 0) is 36.4 Å². The number of carbonyl (C=O) groups is 2. The van der Waals surface area contributed by atoms with Crippen LogP contribution in [0.25, 0.3) is 0 Å². The quantitative estimate of drug-likeness (QED) is 0.391. The maximum atomic E-state index is 12.2. The summed E-state index contributed by atoms with van der Waals surface area (Å²) in [6, 6.07) is 14.0. The molecule has 0 atom stereocenters. The predicted octanol–water partition coefficient (Wildman–Crippen LogP) is 1.98. The van der Waals surface area contributed by atoms with E-state index in [2.05, 4.69) is 0 Å². The summed E-state index contributed by atoms with van der Waals surface area (Å²) in [5.41, 5.74) is 7.20. The summed E-state index contributed by atoms with van der Waals surface area (Å²) in [5, 5.41) is 0. The first kappa shape index (κ1) is 18.9. The summed E-state index contributed by atoms with van der Waals surface area (Å²) < 4.78 is 16.4. The molecule has 1 aliphatic heterocycles. The summed E-state index contributed by atoms with van der Waals surface area (Å²) in [6.45, 7) is 2.16. The lowest BCUT2D eigenvalue weighted by Gasteiger charge is -2.14. The van der Waals surface area contributed by atoms with Crippen LogP contribution in [0.2, 0.25) is 0 Å². The lowest BCUT2D eigenvalue weighted by Crippen LogP contribution is -2.33. The minimum atomic E-state index is -0.268. The Hall–Kier alpha value is -2.90. The largest absolute Gasteiger partial charge is 0.491 e. The van der Waals surface area contributed by atoms with Crippen molar-refractivity contribution < 1.29 is 23.8 Å². The molecule has 2 aromatic carbocycles. The van der Waals surface area contributed by atoms with Crippen LogP contribution in [0.3, 0.4) is 0 Å². The number of rotatable bonds is 10. The molecule has 0 aromatic heterocycles. The molecular weight excluding hydrogens is 348 g/mol. The van der Waals surface area contributed by atoms with Crippen LogP contribution in [0.1, 0.15) is 20.7 Å². The number of benzene rings is 2. The number of amides is 2. The molecule has 0 spiro atoms. The number of nitrogens with two attached hydrogens (primary N) is 1. The fraction of sp³-hybridized carbons (Fsp3) is 0.300. The van der Waals surface area contributed by atoms with Crippen LogP contribution < -0.4 is 10.5 Å². The zero-order chi connectivity index (χ0) is 19.1. The number of carbonyl (C=O) groups excluding carboxylic acids is 2. The first-order valence-corrected chi connectivity index (χ1v) is 8.76. The third-order valence-electron chi connectivity index (χ3n) is 4.09. The Balaban J connectivity index is 1.25. The molecule has 2 aromatic rings. The molecule has 7 nitrogen and oxygen atoms in total. The molecule has 0 fully saturated rings. The SMILES string of the molecule is Nc1ccc(OCCOCCOCCN2C(=O)c3ccccc3C2=O)cc1. The van der Waals surface area contributed by atoms with Crippen molar-refractivity contribution in [3.8, 4) is 5.75 Å². The van der Waals surface area contributed by atoms with Gasteiger partial charge in [0.1, 0.15) is 12.4 Å². The summed E-state index contributed by atoms with van der Waals surface area (Å²) in [4.78, 5) is 25.6. The third-order valence-corrected chi connectivity index (χ3v) is 4.09. The van der Waals surface area contributed by atoms with Gasteiger partial charge in [-0.3, -0.25) is 14.5 Å². The number of nitrogens with zero attached hydrogens (tertiary/aromatic N) is 1. The first-order chi connectivity index (χ1) is 13.2. The molecule has 0 radical (unpaired) electrons. The normalized spacial score (nSPS) is 13.1. The predicted molar refractivity (Wildman–Crippen MR) is 99.8 cm³/mol. The maximum Gasteiger partial charge on any atom is 0.261 e. The van der Waals surface area contributed by atoms with Crippen molar-refractivity contribution in [3.05, 3.63) is 59.7 Å². The fourth-order valence-electron chi connectivity index (χ4n) is 2.70. The Kier molecular flexibility index (Phi) is 6.40. The minimum absolute atomic E-state index is 0.229. The van der Waals surface area contributed by atoms with E-state index in [1.54, 1.807) is 48.5 Å². The monoisotopic (exact) mass is 370 g/mol. The van der Waals surface area contributed by atoms with Crippen molar-refractivity contribution in [2.75, 3.05) is 45.3 Å². The van der Waals surface area contributed by atoms with Gasteiger partial charge in [-0.15, -0.1) is 0 Å². The minimum Gasteiger partial charge on any atom is -0.491 e. The van der Waals surface area contributed by atoms with E-state index in [0.29, 0.717) is 43.2 Å². The Morgan fingerprint density at radius 1 is 0.741 bits per heavy atom. The molecule has 142 valence electrons. The molecule has 0 saturated carbocycles. The summed E-state index contributed by atoms with van der Waals surface area (Å²) >= 11 is 0. The van der Waals surface area contributed by atoms with Crippen molar-refractivity contribution in [3.63, 3.8) is 0 Å². The second-order valence-electron chi connectivity index (χ2n) is 5.95. The molecule has 0 unspecified atom stereocenters. The highest BCUT2D eigenvalue weighted by Crippen LogP contribution is 2.21. The van der Waals surface area contributed by atoms with Gasteiger partial charge in [0.25, 0.3) is 11.8 Å². The van der Waals surface area contributed by atoms with Gasteiger partial charge in [0.05, 0.1) is 44.1 Å². The summed E-state index contributed by atoms with van der Waals surface area (Å²) in [6.07, 6.45) is 0. The first-order valence-electron chi connectivity index (χ1n) is 8.76. The van der Waals surface area contributed by atoms with Crippen LogP contribution in [-0.2, 0) is 9.47 Å². The van der Waals surface area contributed by atoms with Crippen molar-refractivity contribution >= 4 is 17.5 Å². The van der Waals surface area contributed by atoms with Gasteiger partial charge >= 0.3 is 0 Å². The highest BCUT2D eigenvalue weighted by atomic mass is 16.5. The van der Waals surface area contributed by atoms with Crippen LogP contribution in [0.4, 0.5) is 5.69 Å². The Labute approximate surface area is 157 Å². The number of hydrogen-bond acceptors (Lipinski definition) is 6. The maximum absolute atomic E-state index is 12.2. The zero-order valence-corrected chi connectivity index (χ0v) is 14.9. The molecule has 0 bridgehead atoms. The van der Waals surface area contributed by atoms with E-state index < -0.39 is 0 Å². The summed E-state index contributed by atoms with van der Waals surface area (Å²) in [7, 11) is 0. The number of hydrogen-bond donors (Lipinski definition) is 1. The van der Waals surface area contributed by atoms with E-state index in [1.807, 2.05) is 0 Å². The molecule has 0 saturated heterocycles. The van der Waals surface area contributed by atoms with Gasteiger partial charge in [-0.1, -0.05) is 12.1 Å². The number of ether oxygens (including phenoxy) is 3. The fourth-order valence-corrected chi connectivity index (χ4v) is 2.70. The van der Waals surface area contributed by atoms with E-state index in [9.17, 15) is 9.59 Å². The average molecular weight is 370 g/mol. The highest BCUT2D eigenvalue weighted by molar-refractivity contribution is 6.21. The molecule has 27 heavy (non-hydrogen) atoms. The van der Waals surface area contributed by atoms with Crippen molar-refractivity contribution in [2.45, 2.75) is 0 Å². The van der Waals surface area contributed by atoms with Crippen LogP contribution in [0, 0.1) is 0 Å². The standard InChI is InChI=1S/C20H22N2O5/c21-15-5-7-16(8-6-15)27-14-13-26-12-11-25-10-9-22-19(23)17-3-1-2-4-18(17)20(22)24/h1-8H,9-14,21H2. The van der Waals surface area contributed by atoms with Crippen LogP contribution in [0.5, 0.6) is 5.75 Å². The second-order valence-corrected chi connectivity index (χ2v) is 5.95. The van der Waals surface area contributed by atoms with Gasteiger partial charge in [0.2, 0.25) is 0 Å². The van der Waals surface area contributed by atoms with E-state index >= 15 is 0 Å². The van der Waals surface area contributed by atoms with Crippen LogP contribution >= 0.6 is 0 Å². The Morgan fingerprint density at radius 2 is 1.30 bits per heavy atom. The smallest absolute Gasteiger partial charge is 0.261 e. The zero-order valence-electron chi connectivity index (χ0n) is 14.9. The lowest BCUT2D eigenvalue weighted by atomic mass is 10.1. The third kappa shape index (κ3) is 4.84. The molecule has 0 aliphatic carbocycles. The highest BCUT2D eigenvalue weighted by Gasteiger charge is 2.34. The van der Waals surface area contributed by atoms with Gasteiger partial charge in [-0.2, -0.15) is 0 Å². The Morgan fingerprint density at radius 3 is 1.93 bits per heavy atom. The van der Waals surface area contributed by atoms with E-state index in [4.69, 9.17) is 19.9 Å². The average Bonchev–Trinajstić information content (AvgIpc) is 2.93. The van der Waals surface area contributed by atoms with Crippen molar-refractivity contribution in [1.29, 1.82) is 0 Å². The molecule has 3 rings (SSSR count). The number of fused-ring (bicyclic) bond motifs is 1. The molecule has 1 heterocycles. The second kappa shape index (κ2) is 9.16. The number of nitrogen functional groups attached to an aromatic ring is 1. The molecular formula is C20H22N2O5. The van der Waals surface area contributed by atoms with Gasteiger partial charge < -0.3 is 19.9 Å². The topological polar surface area (TPSA) is 91.1 Å². The van der Waals surface area contributed by atoms with Crippen molar-refractivity contribution in [2.24, 2.45) is 0 Å². The van der Waals surface area contributed by atoms with Crippen molar-refractivity contribution in [1.82, 2.24) is 4.90 Å². The van der Waals surface area contributed by atoms with E-state index in [0.717, 1.165) is 5.75 Å². The molecule has 2 N–H and O–H groups in total. The van der Waals surface area contributed by atoms with Crippen LogP contribution in [0.15, 0.2) is 48.5 Å². The van der Waals surface area contributed by atoms with E-state index in [1.165, 1.54) is 4.90 Å². The van der Waals surface area contributed by atoms with Crippen LogP contribution in [-0.4, -0.2) is 56.3 Å². The molecule has 7 heteroatoms. The van der Waals surface area contributed by atoms with Gasteiger partial charge in [0, 0.05) is 5.69 Å². The summed E-state index contributed by atoms with van der Waals surface area (Å²) in [5.74, 6) is 0.204.